The van der Waals surface area contributed by atoms with E-state index in [1.54, 1.807) is 24.3 Å². The van der Waals surface area contributed by atoms with Gasteiger partial charge in [0.05, 0.1) is 12.3 Å². The summed E-state index contributed by atoms with van der Waals surface area (Å²) in [5, 5.41) is 9.94. The van der Waals surface area contributed by atoms with Crippen molar-refractivity contribution in [3.63, 3.8) is 0 Å². The smallest absolute Gasteiger partial charge is 0.331 e. The molecule has 1 atom stereocenters. The van der Waals surface area contributed by atoms with Gasteiger partial charge in [-0.15, -0.1) is 0 Å². The first-order valence-electron chi connectivity index (χ1n) is 12.6. The Hall–Kier alpha value is -3.61. The number of fused-ring (bicyclic) bond motifs is 1. The summed E-state index contributed by atoms with van der Waals surface area (Å²) in [5.74, 6) is 1.05. The summed E-state index contributed by atoms with van der Waals surface area (Å²) in [4.78, 5) is 30.8. The number of aliphatic carboxylic acids is 1. The number of rotatable bonds is 11. The summed E-state index contributed by atoms with van der Waals surface area (Å²) >= 11 is 0. The fourth-order valence-electron chi connectivity index (χ4n) is 4.33. The Kier molecular flexibility index (Phi) is 9.68. The van der Waals surface area contributed by atoms with Crippen molar-refractivity contribution in [2.45, 2.75) is 59.4 Å². The highest BCUT2D eigenvalue weighted by Crippen LogP contribution is 2.33. The lowest BCUT2D eigenvalue weighted by atomic mass is 9.92. The number of carboxylic acids is 1. The predicted molar refractivity (Wildman–Crippen MR) is 140 cm³/mol. The second-order valence-corrected chi connectivity index (χ2v) is 8.86. The second kappa shape index (κ2) is 12.9. The van der Waals surface area contributed by atoms with Crippen LogP contribution in [0.5, 0.6) is 5.75 Å². The first-order valence-corrected chi connectivity index (χ1v) is 12.6. The number of hydrogen-bond acceptors (Lipinski definition) is 5. The Morgan fingerprint density at radius 2 is 2.06 bits per heavy atom. The van der Waals surface area contributed by atoms with Crippen LogP contribution in [0.2, 0.25) is 0 Å². The van der Waals surface area contributed by atoms with Crippen molar-refractivity contribution in [2.75, 3.05) is 13.2 Å². The van der Waals surface area contributed by atoms with E-state index in [4.69, 9.17) is 9.15 Å². The number of aromatic nitrogens is 1. The SMILES string of the molecule is CC=CC=CC(=O)N1CCc2ccc(OCCc3nc(/C=C/C(CC)CC)oc3C)cc2C1C(=O)O. The van der Waals surface area contributed by atoms with Crippen molar-refractivity contribution >= 4 is 18.0 Å². The maximum atomic E-state index is 12.7. The average Bonchev–Trinajstić information content (AvgIpc) is 3.22. The number of nitrogens with zero attached hydrogens (tertiary/aromatic N) is 2. The number of carbonyl (C=O) groups is 2. The zero-order valence-electron chi connectivity index (χ0n) is 21.6. The molecule has 0 fully saturated rings. The van der Waals surface area contributed by atoms with Crippen LogP contribution < -0.4 is 4.74 Å². The third-order valence-corrected chi connectivity index (χ3v) is 6.48. The van der Waals surface area contributed by atoms with Gasteiger partial charge in [0, 0.05) is 19.0 Å². The van der Waals surface area contributed by atoms with Gasteiger partial charge in [-0.25, -0.2) is 9.78 Å². The van der Waals surface area contributed by atoms with Gasteiger partial charge >= 0.3 is 5.97 Å². The molecule has 1 aliphatic rings. The van der Waals surface area contributed by atoms with Crippen molar-refractivity contribution in [1.29, 1.82) is 0 Å². The predicted octanol–water partition coefficient (Wildman–Crippen LogP) is 5.70. The van der Waals surface area contributed by atoms with Gasteiger partial charge in [0.2, 0.25) is 11.8 Å². The van der Waals surface area contributed by atoms with Crippen molar-refractivity contribution in [3.05, 3.63) is 77.1 Å². The van der Waals surface area contributed by atoms with E-state index in [1.165, 1.54) is 11.0 Å². The number of benzene rings is 1. The van der Waals surface area contributed by atoms with Crippen LogP contribution in [0.1, 0.15) is 68.1 Å². The number of allylic oxidation sites excluding steroid dienone is 4. The molecule has 1 aromatic heterocycles. The highest BCUT2D eigenvalue weighted by Gasteiger charge is 2.35. The quantitative estimate of drug-likeness (QED) is 0.320. The number of oxazole rings is 1. The molecule has 1 aromatic carbocycles. The highest BCUT2D eigenvalue weighted by atomic mass is 16.5. The zero-order chi connectivity index (χ0) is 26.1. The van der Waals surface area contributed by atoms with Crippen LogP contribution in [0, 0.1) is 12.8 Å². The third kappa shape index (κ3) is 6.74. The van der Waals surface area contributed by atoms with E-state index < -0.39 is 12.0 Å². The van der Waals surface area contributed by atoms with Gasteiger partial charge in [-0.2, -0.15) is 0 Å². The molecule has 7 heteroatoms. The number of carboxylic acid groups (broad SMARTS) is 1. The Bertz CT molecular complexity index is 1140. The fourth-order valence-corrected chi connectivity index (χ4v) is 4.33. The summed E-state index contributed by atoms with van der Waals surface area (Å²) < 4.78 is 11.7. The molecule has 0 aliphatic carbocycles. The molecule has 1 unspecified atom stereocenters. The monoisotopic (exact) mass is 492 g/mol. The summed E-state index contributed by atoms with van der Waals surface area (Å²) in [6.07, 6.45) is 14.0. The molecule has 0 bridgehead atoms. The Morgan fingerprint density at radius 3 is 2.75 bits per heavy atom. The van der Waals surface area contributed by atoms with Crippen molar-refractivity contribution < 1.29 is 23.8 Å². The van der Waals surface area contributed by atoms with E-state index in [-0.39, 0.29) is 5.91 Å². The molecular formula is C29H36N2O5. The molecule has 192 valence electrons. The molecule has 1 amide bonds. The van der Waals surface area contributed by atoms with Crippen LogP contribution in [-0.4, -0.2) is 40.0 Å². The van der Waals surface area contributed by atoms with E-state index in [1.807, 2.05) is 32.1 Å². The van der Waals surface area contributed by atoms with Gasteiger partial charge in [-0.05, 0) is 68.4 Å². The van der Waals surface area contributed by atoms with E-state index >= 15 is 0 Å². The number of amides is 1. The van der Waals surface area contributed by atoms with Crippen LogP contribution in [-0.2, 0) is 22.4 Å². The number of ether oxygens (including phenoxy) is 1. The standard InChI is InChI=1S/C29H36N2O5/c1-5-8-9-10-27(32)31-17-15-22-12-13-23(19-24(22)28(31)29(33)34)35-18-16-25-20(4)36-26(30-25)14-11-21(6-2)7-3/h5,8-14,19,21,28H,6-7,15-18H2,1-4H3,(H,33,34)/b8-5?,10-9?,14-11+. The van der Waals surface area contributed by atoms with E-state index in [0.29, 0.717) is 49.1 Å². The topological polar surface area (TPSA) is 92.9 Å². The maximum absolute atomic E-state index is 12.7. The molecule has 3 rings (SSSR count). The first kappa shape index (κ1) is 27.0. The fraction of sp³-hybridized carbons (Fsp3) is 0.414. The summed E-state index contributed by atoms with van der Waals surface area (Å²) in [7, 11) is 0. The molecule has 0 saturated carbocycles. The maximum Gasteiger partial charge on any atom is 0.331 e. The van der Waals surface area contributed by atoms with Crippen molar-refractivity contribution in [1.82, 2.24) is 9.88 Å². The van der Waals surface area contributed by atoms with Crippen molar-refractivity contribution in [2.24, 2.45) is 5.92 Å². The van der Waals surface area contributed by atoms with Gasteiger partial charge in [0.1, 0.15) is 11.5 Å². The lowest BCUT2D eigenvalue weighted by Crippen LogP contribution is -2.42. The molecule has 7 nitrogen and oxygen atoms in total. The molecule has 36 heavy (non-hydrogen) atoms. The summed E-state index contributed by atoms with van der Waals surface area (Å²) in [6, 6.07) is 4.42. The molecule has 2 heterocycles. The molecular weight excluding hydrogens is 456 g/mol. The van der Waals surface area contributed by atoms with E-state index in [2.05, 4.69) is 24.9 Å². The molecule has 1 N–H and O–H groups in total. The highest BCUT2D eigenvalue weighted by molar-refractivity contribution is 5.92. The minimum atomic E-state index is -1.06. The van der Waals surface area contributed by atoms with Crippen LogP contribution in [0.3, 0.4) is 0 Å². The minimum absolute atomic E-state index is 0.326. The van der Waals surface area contributed by atoms with Crippen LogP contribution >= 0.6 is 0 Å². The number of aryl methyl sites for hydroxylation is 1. The molecule has 0 spiro atoms. The number of carbonyl (C=O) groups excluding carboxylic acids is 1. The van der Waals surface area contributed by atoms with Gasteiger partial charge in [0.25, 0.3) is 0 Å². The summed E-state index contributed by atoms with van der Waals surface area (Å²) in [5.41, 5.74) is 2.34. The van der Waals surface area contributed by atoms with Gasteiger partial charge in [-0.3, -0.25) is 4.79 Å². The molecule has 1 aliphatic heterocycles. The van der Waals surface area contributed by atoms with Crippen molar-refractivity contribution in [3.8, 4) is 5.75 Å². The lowest BCUT2D eigenvalue weighted by molar-refractivity contribution is -0.149. The normalized spacial score (nSPS) is 15.9. The zero-order valence-corrected chi connectivity index (χ0v) is 21.6. The lowest BCUT2D eigenvalue weighted by Gasteiger charge is -2.34. The molecule has 0 radical (unpaired) electrons. The van der Waals surface area contributed by atoms with E-state index in [9.17, 15) is 14.7 Å². The van der Waals surface area contributed by atoms with Gasteiger partial charge in [0.15, 0.2) is 6.04 Å². The van der Waals surface area contributed by atoms with E-state index in [0.717, 1.165) is 29.9 Å². The van der Waals surface area contributed by atoms with Crippen LogP contribution in [0.25, 0.3) is 6.08 Å². The minimum Gasteiger partial charge on any atom is -0.493 e. The molecule has 2 aromatic rings. The number of hydrogen-bond donors (Lipinski definition) is 1. The van der Waals surface area contributed by atoms with Gasteiger partial charge < -0.3 is 19.2 Å². The Balaban J connectivity index is 1.69. The Labute approximate surface area is 213 Å². The second-order valence-electron chi connectivity index (χ2n) is 8.86. The van der Waals surface area contributed by atoms with Gasteiger partial charge in [-0.1, -0.05) is 44.2 Å². The van der Waals surface area contributed by atoms with Crippen LogP contribution in [0.4, 0.5) is 0 Å². The largest absolute Gasteiger partial charge is 0.493 e. The molecule has 0 saturated heterocycles. The average molecular weight is 493 g/mol. The Morgan fingerprint density at radius 1 is 1.28 bits per heavy atom. The summed E-state index contributed by atoms with van der Waals surface area (Å²) in [6.45, 7) is 8.79. The first-order chi connectivity index (χ1) is 17.4. The third-order valence-electron chi connectivity index (χ3n) is 6.48. The van der Waals surface area contributed by atoms with Crippen LogP contribution in [0.15, 0.2) is 53.0 Å².